The molecule has 7 nitrogen and oxygen atoms in total. The number of ketones is 1. The van der Waals surface area contributed by atoms with Crippen LogP contribution in [-0.4, -0.2) is 26.7 Å². The van der Waals surface area contributed by atoms with Crippen LogP contribution in [0, 0.1) is 6.92 Å². The van der Waals surface area contributed by atoms with E-state index in [2.05, 4.69) is 4.98 Å². The molecule has 0 bridgehead atoms. The van der Waals surface area contributed by atoms with E-state index < -0.39 is 23.5 Å². The molecule has 0 spiro atoms. The third-order valence-electron chi connectivity index (χ3n) is 4.40. The van der Waals surface area contributed by atoms with Gasteiger partial charge in [-0.3, -0.25) is 14.6 Å². The summed E-state index contributed by atoms with van der Waals surface area (Å²) in [5, 5.41) is 10.5. The fourth-order valence-corrected chi connectivity index (χ4v) is 3.17. The highest BCUT2D eigenvalue weighted by molar-refractivity contribution is 6.14. The molecule has 4 rings (SSSR count). The molecular formula is C20H16N2O5. The smallest absolute Gasteiger partial charge is 0.290 e. The number of aromatic nitrogens is 1. The van der Waals surface area contributed by atoms with Crippen molar-refractivity contribution in [3.8, 4) is 0 Å². The number of hydrogen-bond donors (Lipinski definition) is 1. The molecule has 7 heteroatoms. The van der Waals surface area contributed by atoms with E-state index in [1.54, 1.807) is 43.6 Å². The molecule has 0 saturated heterocycles. The lowest BCUT2D eigenvalue weighted by molar-refractivity contribution is -0.130. The largest absolute Gasteiger partial charge is 0.503 e. The first kappa shape index (κ1) is 16.8. The molecule has 27 heavy (non-hydrogen) atoms. The van der Waals surface area contributed by atoms with Crippen LogP contribution in [0.5, 0.6) is 0 Å². The lowest BCUT2D eigenvalue weighted by Gasteiger charge is -2.24. The number of aliphatic hydroxyl groups is 1. The predicted octanol–water partition coefficient (Wildman–Crippen LogP) is 3.35. The van der Waals surface area contributed by atoms with Crippen molar-refractivity contribution in [1.82, 2.24) is 9.88 Å². The zero-order valence-electron chi connectivity index (χ0n) is 14.5. The summed E-state index contributed by atoms with van der Waals surface area (Å²) in [4.78, 5) is 31.1. The number of pyridine rings is 1. The first-order valence-corrected chi connectivity index (χ1v) is 8.34. The fraction of sp³-hybridized carbons (Fsp3) is 0.150. The van der Waals surface area contributed by atoms with Crippen LogP contribution in [0.3, 0.4) is 0 Å². The second kappa shape index (κ2) is 6.60. The molecule has 3 aromatic heterocycles. The van der Waals surface area contributed by atoms with E-state index in [1.807, 2.05) is 6.07 Å². The summed E-state index contributed by atoms with van der Waals surface area (Å²) in [6.45, 7) is 1.93. The van der Waals surface area contributed by atoms with Crippen LogP contribution in [0.25, 0.3) is 0 Å². The zero-order valence-corrected chi connectivity index (χ0v) is 14.5. The number of aliphatic hydroxyl groups excluding tert-OH is 1. The maximum atomic E-state index is 12.9. The Labute approximate surface area is 154 Å². The Morgan fingerprint density at radius 1 is 1.26 bits per heavy atom. The van der Waals surface area contributed by atoms with Crippen LogP contribution >= 0.6 is 0 Å². The molecule has 0 aliphatic carbocycles. The van der Waals surface area contributed by atoms with Gasteiger partial charge in [0.1, 0.15) is 17.6 Å². The average molecular weight is 364 g/mol. The number of carbonyl (C=O) groups excluding carboxylic acids is 2. The third kappa shape index (κ3) is 2.93. The van der Waals surface area contributed by atoms with E-state index in [-0.39, 0.29) is 17.9 Å². The summed E-state index contributed by atoms with van der Waals surface area (Å²) in [5.41, 5.74) is 0.701. The molecule has 1 aliphatic rings. The first-order valence-electron chi connectivity index (χ1n) is 8.34. The van der Waals surface area contributed by atoms with E-state index in [9.17, 15) is 14.7 Å². The highest BCUT2D eigenvalue weighted by Crippen LogP contribution is 2.40. The summed E-state index contributed by atoms with van der Waals surface area (Å²) in [7, 11) is 0. The van der Waals surface area contributed by atoms with E-state index >= 15 is 0 Å². The molecule has 1 aliphatic heterocycles. The van der Waals surface area contributed by atoms with Crippen LogP contribution in [0.2, 0.25) is 0 Å². The Hall–Kier alpha value is -3.61. The van der Waals surface area contributed by atoms with Gasteiger partial charge in [-0.15, -0.1) is 0 Å². The van der Waals surface area contributed by atoms with Crippen LogP contribution in [0.1, 0.15) is 33.7 Å². The quantitative estimate of drug-likeness (QED) is 0.697. The van der Waals surface area contributed by atoms with E-state index in [0.29, 0.717) is 11.5 Å². The number of carbonyl (C=O) groups is 2. The number of amides is 1. The van der Waals surface area contributed by atoms with Gasteiger partial charge in [-0.1, -0.05) is 6.07 Å². The number of hydrogen-bond acceptors (Lipinski definition) is 6. The normalized spacial score (nSPS) is 17.0. The number of aryl methyl sites for hydroxylation is 1. The molecule has 3 aromatic rings. The van der Waals surface area contributed by atoms with E-state index in [1.165, 1.54) is 17.2 Å². The van der Waals surface area contributed by atoms with Gasteiger partial charge in [-0.2, -0.15) is 0 Å². The topological polar surface area (TPSA) is 96.8 Å². The Kier molecular flexibility index (Phi) is 4.12. The molecule has 0 saturated carbocycles. The monoisotopic (exact) mass is 364 g/mol. The lowest BCUT2D eigenvalue weighted by atomic mass is 9.99. The molecule has 1 N–H and O–H groups in total. The standard InChI is InChI=1S/C20H16N2O5/c1-12-6-7-14(27-12)17-16(18(23)15-5-3-9-26-15)19(24)20(25)22(17)11-13-4-2-8-21-10-13/h2-10,17,24H,11H2,1H3. The van der Waals surface area contributed by atoms with Crippen molar-refractivity contribution < 1.29 is 23.5 Å². The third-order valence-corrected chi connectivity index (χ3v) is 4.40. The minimum absolute atomic E-state index is 0.0425. The summed E-state index contributed by atoms with van der Waals surface area (Å²) in [6, 6.07) is 9.20. The fourth-order valence-electron chi connectivity index (χ4n) is 3.17. The maximum absolute atomic E-state index is 12.9. The van der Waals surface area contributed by atoms with Gasteiger partial charge in [0.05, 0.1) is 11.8 Å². The van der Waals surface area contributed by atoms with Gasteiger partial charge in [0.25, 0.3) is 5.91 Å². The van der Waals surface area contributed by atoms with Crippen molar-refractivity contribution in [2.75, 3.05) is 0 Å². The maximum Gasteiger partial charge on any atom is 0.290 e. The predicted molar refractivity (Wildman–Crippen MR) is 93.7 cm³/mol. The molecule has 1 amide bonds. The Morgan fingerprint density at radius 2 is 2.11 bits per heavy atom. The first-order chi connectivity index (χ1) is 13.1. The number of furan rings is 2. The Morgan fingerprint density at radius 3 is 2.74 bits per heavy atom. The Balaban J connectivity index is 1.78. The summed E-state index contributed by atoms with van der Waals surface area (Å²) in [6.07, 6.45) is 4.62. The van der Waals surface area contributed by atoms with Crippen molar-refractivity contribution >= 4 is 11.7 Å². The SMILES string of the molecule is Cc1ccc(C2C(C(=O)c3ccco3)=C(O)C(=O)N2Cc2cccnc2)o1. The van der Waals surface area contributed by atoms with Gasteiger partial charge in [0.15, 0.2) is 11.5 Å². The van der Waals surface area contributed by atoms with Gasteiger partial charge in [0.2, 0.25) is 5.78 Å². The Bertz CT molecular complexity index is 1020. The van der Waals surface area contributed by atoms with Crippen LogP contribution in [-0.2, 0) is 11.3 Å². The molecule has 0 radical (unpaired) electrons. The summed E-state index contributed by atoms with van der Waals surface area (Å²) in [5.74, 6) is -0.731. The van der Waals surface area contributed by atoms with Gasteiger partial charge in [-0.25, -0.2) is 0 Å². The number of nitrogens with zero attached hydrogens (tertiary/aromatic N) is 2. The van der Waals surface area contributed by atoms with Gasteiger partial charge >= 0.3 is 0 Å². The van der Waals surface area contributed by atoms with Crippen molar-refractivity contribution in [1.29, 1.82) is 0 Å². The highest BCUT2D eigenvalue weighted by atomic mass is 16.3. The highest BCUT2D eigenvalue weighted by Gasteiger charge is 2.45. The van der Waals surface area contributed by atoms with Crippen molar-refractivity contribution in [2.24, 2.45) is 0 Å². The van der Waals surface area contributed by atoms with Gasteiger partial charge < -0.3 is 18.8 Å². The molecule has 1 atom stereocenters. The van der Waals surface area contributed by atoms with Crippen molar-refractivity contribution in [2.45, 2.75) is 19.5 Å². The summed E-state index contributed by atoms with van der Waals surface area (Å²) >= 11 is 0. The second-order valence-corrected chi connectivity index (χ2v) is 6.21. The minimum atomic E-state index is -0.857. The van der Waals surface area contributed by atoms with E-state index in [0.717, 1.165) is 5.56 Å². The van der Waals surface area contributed by atoms with Crippen LogP contribution in [0.15, 0.2) is 75.2 Å². The second-order valence-electron chi connectivity index (χ2n) is 6.21. The molecular weight excluding hydrogens is 348 g/mol. The lowest BCUT2D eigenvalue weighted by Crippen LogP contribution is -2.30. The summed E-state index contributed by atoms with van der Waals surface area (Å²) < 4.78 is 10.9. The van der Waals surface area contributed by atoms with Crippen LogP contribution < -0.4 is 0 Å². The number of rotatable bonds is 5. The molecule has 0 fully saturated rings. The zero-order chi connectivity index (χ0) is 19.0. The van der Waals surface area contributed by atoms with Crippen LogP contribution in [0.4, 0.5) is 0 Å². The minimum Gasteiger partial charge on any atom is -0.503 e. The van der Waals surface area contributed by atoms with Gasteiger partial charge in [-0.05, 0) is 42.8 Å². The number of Topliss-reactive ketones (excluding diaryl/α,β-unsaturated/α-hetero) is 1. The van der Waals surface area contributed by atoms with Crippen molar-refractivity contribution in [3.05, 3.63) is 89.2 Å². The molecule has 136 valence electrons. The average Bonchev–Trinajstić information content (AvgIpc) is 3.39. The van der Waals surface area contributed by atoms with Crippen molar-refractivity contribution in [3.63, 3.8) is 0 Å². The van der Waals surface area contributed by atoms with E-state index in [4.69, 9.17) is 8.83 Å². The molecule has 4 heterocycles. The molecule has 1 unspecified atom stereocenters. The van der Waals surface area contributed by atoms with Gasteiger partial charge in [0, 0.05) is 18.9 Å². The molecule has 0 aromatic carbocycles.